The van der Waals surface area contributed by atoms with Crippen LogP contribution in [0.5, 0.6) is 0 Å². The molecule has 0 fully saturated rings. The van der Waals surface area contributed by atoms with Crippen molar-refractivity contribution in [1.29, 1.82) is 0 Å². The van der Waals surface area contributed by atoms with Crippen LogP contribution in [0.2, 0.25) is 5.02 Å². The van der Waals surface area contributed by atoms with Crippen molar-refractivity contribution in [3.05, 3.63) is 63.9 Å². The molecule has 0 bridgehead atoms. The van der Waals surface area contributed by atoms with Crippen LogP contribution in [0.3, 0.4) is 0 Å². The fraction of sp³-hybridized carbons (Fsp3) is 0.250. The Hall–Kier alpha value is -2.30. The van der Waals surface area contributed by atoms with E-state index in [1.54, 1.807) is 0 Å². The lowest BCUT2D eigenvalue weighted by atomic mass is 10.1. The van der Waals surface area contributed by atoms with Crippen molar-refractivity contribution in [2.24, 2.45) is 0 Å². The van der Waals surface area contributed by atoms with Crippen LogP contribution in [0.15, 0.2) is 40.8 Å². The Kier molecular flexibility index (Phi) is 5.11. The van der Waals surface area contributed by atoms with Crippen LogP contribution < -0.4 is 5.32 Å². The minimum atomic E-state index is -0.334. The van der Waals surface area contributed by atoms with Gasteiger partial charge in [-0.05, 0) is 44.0 Å². The van der Waals surface area contributed by atoms with E-state index in [2.05, 4.69) is 5.32 Å². The molecule has 0 saturated heterocycles. The normalized spacial score (nSPS) is 11.0. The van der Waals surface area contributed by atoms with E-state index in [0.717, 1.165) is 22.1 Å². The predicted octanol–water partition coefficient (Wildman–Crippen LogP) is 5.49. The highest BCUT2D eigenvalue weighted by atomic mass is 35.5. The first-order valence-corrected chi connectivity index (χ1v) is 8.55. The fourth-order valence-corrected chi connectivity index (χ4v) is 3.24. The number of halogens is 1. The number of aryl methyl sites for hydroxylation is 2. The quantitative estimate of drug-likeness (QED) is 0.656. The molecule has 0 radical (unpaired) electrons. The van der Waals surface area contributed by atoms with Gasteiger partial charge in [-0.1, -0.05) is 35.9 Å². The fourth-order valence-electron chi connectivity index (χ4n) is 2.87. The maximum atomic E-state index is 12.8. The molecule has 1 amide bonds. The number of ether oxygens (including phenoxy) is 1. The van der Waals surface area contributed by atoms with Crippen molar-refractivity contribution in [3.8, 4) is 0 Å². The van der Waals surface area contributed by atoms with Gasteiger partial charge in [-0.2, -0.15) is 0 Å². The average molecular weight is 358 g/mol. The first kappa shape index (κ1) is 17.5. The number of anilines is 1. The molecule has 130 valence electrons. The Balaban J connectivity index is 2.00. The number of furan rings is 1. The number of carbonyl (C=O) groups is 1. The van der Waals surface area contributed by atoms with E-state index < -0.39 is 0 Å². The summed E-state index contributed by atoms with van der Waals surface area (Å²) >= 11 is 6.30. The SMILES string of the molecule is CCOCc1c(C(=O)Nc2c(C)cc(C)cc2Cl)oc2ccccc12. The monoisotopic (exact) mass is 357 g/mol. The third-order valence-corrected chi connectivity index (χ3v) is 4.32. The van der Waals surface area contributed by atoms with Crippen LogP contribution in [0.1, 0.15) is 34.2 Å². The molecule has 3 aromatic rings. The molecule has 0 aliphatic rings. The molecule has 4 nitrogen and oxygen atoms in total. The number of rotatable bonds is 5. The summed E-state index contributed by atoms with van der Waals surface area (Å²) < 4.78 is 11.3. The van der Waals surface area contributed by atoms with Crippen LogP contribution >= 0.6 is 11.6 Å². The second kappa shape index (κ2) is 7.30. The van der Waals surface area contributed by atoms with E-state index in [1.807, 2.05) is 57.2 Å². The first-order valence-electron chi connectivity index (χ1n) is 8.17. The van der Waals surface area contributed by atoms with Crippen molar-refractivity contribution in [1.82, 2.24) is 0 Å². The van der Waals surface area contributed by atoms with Crippen LogP contribution in [-0.4, -0.2) is 12.5 Å². The van der Waals surface area contributed by atoms with Gasteiger partial charge in [0.05, 0.1) is 17.3 Å². The van der Waals surface area contributed by atoms with E-state index in [0.29, 0.717) is 29.5 Å². The van der Waals surface area contributed by atoms with Crippen LogP contribution in [-0.2, 0) is 11.3 Å². The standard InChI is InChI=1S/C20H20ClNO3/c1-4-24-11-15-14-7-5-6-8-17(14)25-19(15)20(23)22-18-13(3)9-12(2)10-16(18)21/h5-10H,4,11H2,1-3H3,(H,22,23). The second-order valence-corrected chi connectivity index (χ2v) is 6.34. The molecule has 0 spiro atoms. The summed E-state index contributed by atoms with van der Waals surface area (Å²) in [5.74, 6) is -0.0783. The summed E-state index contributed by atoms with van der Waals surface area (Å²) in [6.07, 6.45) is 0. The van der Waals surface area contributed by atoms with Crippen LogP contribution in [0, 0.1) is 13.8 Å². The number of hydrogen-bond donors (Lipinski definition) is 1. The number of fused-ring (bicyclic) bond motifs is 1. The second-order valence-electron chi connectivity index (χ2n) is 5.94. The molecule has 25 heavy (non-hydrogen) atoms. The zero-order valence-electron chi connectivity index (χ0n) is 14.5. The van der Waals surface area contributed by atoms with E-state index >= 15 is 0 Å². The third-order valence-electron chi connectivity index (χ3n) is 4.03. The molecule has 0 atom stereocenters. The van der Waals surface area contributed by atoms with Gasteiger partial charge in [-0.25, -0.2) is 0 Å². The number of para-hydroxylation sites is 1. The summed E-state index contributed by atoms with van der Waals surface area (Å²) in [5.41, 5.74) is 3.95. The maximum absolute atomic E-state index is 12.8. The van der Waals surface area contributed by atoms with Gasteiger partial charge in [0.2, 0.25) is 0 Å². The minimum Gasteiger partial charge on any atom is -0.451 e. The van der Waals surface area contributed by atoms with Gasteiger partial charge in [0, 0.05) is 17.6 Å². The van der Waals surface area contributed by atoms with Gasteiger partial charge >= 0.3 is 0 Å². The molecule has 2 aromatic carbocycles. The van der Waals surface area contributed by atoms with Gasteiger partial charge in [0.25, 0.3) is 5.91 Å². The van der Waals surface area contributed by atoms with E-state index in [-0.39, 0.29) is 11.7 Å². The summed E-state index contributed by atoms with van der Waals surface area (Å²) in [4.78, 5) is 12.8. The van der Waals surface area contributed by atoms with Gasteiger partial charge < -0.3 is 14.5 Å². The number of hydrogen-bond acceptors (Lipinski definition) is 3. The summed E-state index contributed by atoms with van der Waals surface area (Å²) in [6, 6.07) is 11.3. The number of carbonyl (C=O) groups excluding carboxylic acids is 1. The Labute approximate surface area is 151 Å². The average Bonchev–Trinajstić information content (AvgIpc) is 2.94. The summed E-state index contributed by atoms with van der Waals surface area (Å²) in [5, 5.41) is 4.27. The lowest BCUT2D eigenvalue weighted by Crippen LogP contribution is -2.14. The van der Waals surface area contributed by atoms with E-state index in [1.165, 1.54) is 0 Å². The van der Waals surface area contributed by atoms with Crippen molar-refractivity contribution in [3.63, 3.8) is 0 Å². The lowest BCUT2D eigenvalue weighted by molar-refractivity contribution is 0.0984. The largest absolute Gasteiger partial charge is 0.451 e. The van der Waals surface area contributed by atoms with Gasteiger partial charge in [-0.15, -0.1) is 0 Å². The Morgan fingerprint density at radius 3 is 2.72 bits per heavy atom. The van der Waals surface area contributed by atoms with Crippen molar-refractivity contribution in [2.75, 3.05) is 11.9 Å². The molecule has 0 unspecified atom stereocenters. The van der Waals surface area contributed by atoms with Crippen molar-refractivity contribution >= 4 is 34.2 Å². The third kappa shape index (κ3) is 3.55. The zero-order chi connectivity index (χ0) is 18.0. The molecule has 5 heteroatoms. The highest BCUT2D eigenvalue weighted by Crippen LogP contribution is 2.30. The van der Waals surface area contributed by atoms with Crippen molar-refractivity contribution < 1.29 is 13.9 Å². The molecule has 1 N–H and O–H groups in total. The lowest BCUT2D eigenvalue weighted by Gasteiger charge is -2.11. The molecular formula is C20H20ClNO3. The number of benzene rings is 2. The van der Waals surface area contributed by atoms with Crippen LogP contribution in [0.25, 0.3) is 11.0 Å². The Bertz CT molecular complexity index is 907. The number of amides is 1. The molecular weight excluding hydrogens is 338 g/mol. The zero-order valence-corrected chi connectivity index (χ0v) is 15.2. The van der Waals surface area contributed by atoms with E-state index in [9.17, 15) is 4.79 Å². The highest BCUT2D eigenvalue weighted by molar-refractivity contribution is 6.34. The van der Waals surface area contributed by atoms with Gasteiger partial charge in [-0.3, -0.25) is 4.79 Å². The molecule has 0 aliphatic carbocycles. The molecule has 0 aliphatic heterocycles. The molecule has 1 heterocycles. The molecule has 1 aromatic heterocycles. The topological polar surface area (TPSA) is 51.5 Å². The Morgan fingerprint density at radius 2 is 2.00 bits per heavy atom. The van der Waals surface area contributed by atoms with Gasteiger partial charge in [0.15, 0.2) is 5.76 Å². The summed E-state index contributed by atoms with van der Waals surface area (Å²) in [6.45, 7) is 6.66. The van der Waals surface area contributed by atoms with Crippen molar-refractivity contribution in [2.45, 2.75) is 27.4 Å². The van der Waals surface area contributed by atoms with Crippen LogP contribution in [0.4, 0.5) is 5.69 Å². The molecule has 0 saturated carbocycles. The van der Waals surface area contributed by atoms with Gasteiger partial charge in [0.1, 0.15) is 5.58 Å². The Morgan fingerprint density at radius 1 is 1.24 bits per heavy atom. The highest BCUT2D eigenvalue weighted by Gasteiger charge is 2.22. The van der Waals surface area contributed by atoms with E-state index in [4.69, 9.17) is 20.8 Å². The smallest absolute Gasteiger partial charge is 0.291 e. The predicted molar refractivity (Wildman–Crippen MR) is 100 cm³/mol. The molecule has 3 rings (SSSR count). The minimum absolute atomic E-state index is 0.255. The summed E-state index contributed by atoms with van der Waals surface area (Å²) in [7, 11) is 0. The first-order chi connectivity index (χ1) is 12.0. The number of nitrogens with one attached hydrogen (secondary N) is 1. The maximum Gasteiger partial charge on any atom is 0.291 e.